The van der Waals surface area contributed by atoms with Crippen LogP contribution >= 0.6 is 0 Å². The fourth-order valence-corrected chi connectivity index (χ4v) is 1.79. The highest BCUT2D eigenvalue weighted by Crippen LogP contribution is 2.19. The molecule has 5 heteroatoms. The molecule has 0 aromatic heterocycles. The van der Waals surface area contributed by atoms with Gasteiger partial charge >= 0.3 is 0 Å². The number of anilines is 2. The van der Waals surface area contributed by atoms with E-state index in [4.69, 9.17) is 5.73 Å². The Hall–Kier alpha value is -1.75. The number of unbranched alkanes of at least 4 members (excludes halogenated alkanes) is 1. The molecule has 0 radical (unpaired) electrons. The lowest BCUT2D eigenvalue weighted by Crippen LogP contribution is -2.18. The first-order valence-electron chi connectivity index (χ1n) is 6.55. The van der Waals surface area contributed by atoms with Crippen molar-refractivity contribution in [2.75, 3.05) is 45.3 Å². The molecule has 19 heavy (non-hydrogen) atoms. The summed E-state index contributed by atoms with van der Waals surface area (Å²) in [4.78, 5) is 13.6. The summed E-state index contributed by atoms with van der Waals surface area (Å²) in [7, 11) is 5.75. The monoisotopic (exact) mass is 264 g/mol. The van der Waals surface area contributed by atoms with Crippen molar-refractivity contribution in [3.05, 3.63) is 23.8 Å². The van der Waals surface area contributed by atoms with Crippen LogP contribution in [0.2, 0.25) is 0 Å². The zero-order chi connectivity index (χ0) is 14.3. The highest BCUT2D eigenvalue weighted by atomic mass is 16.1. The third-order valence-electron chi connectivity index (χ3n) is 2.89. The van der Waals surface area contributed by atoms with Gasteiger partial charge in [0.2, 0.25) is 0 Å². The number of nitrogens with two attached hydrogens (primary N) is 1. The van der Waals surface area contributed by atoms with E-state index in [-0.39, 0.29) is 5.91 Å². The van der Waals surface area contributed by atoms with Crippen LogP contribution in [0.25, 0.3) is 0 Å². The zero-order valence-corrected chi connectivity index (χ0v) is 12.0. The topological polar surface area (TPSA) is 70.4 Å². The predicted molar refractivity (Wildman–Crippen MR) is 80.5 cm³/mol. The number of amides is 1. The minimum Gasteiger partial charge on any atom is -0.397 e. The van der Waals surface area contributed by atoms with E-state index in [1.807, 2.05) is 6.07 Å². The first-order chi connectivity index (χ1) is 9.04. The van der Waals surface area contributed by atoms with Crippen molar-refractivity contribution in [3.63, 3.8) is 0 Å². The van der Waals surface area contributed by atoms with E-state index in [1.165, 1.54) is 0 Å². The molecule has 0 atom stereocenters. The molecule has 0 aliphatic heterocycles. The molecule has 0 saturated carbocycles. The highest BCUT2D eigenvalue weighted by molar-refractivity contribution is 5.95. The molecule has 1 aromatic carbocycles. The summed E-state index contributed by atoms with van der Waals surface area (Å²) in [6.07, 6.45) is 2.24. The maximum Gasteiger partial charge on any atom is 0.251 e. The predicted octanol–water partition coefficient (Wildman–Crippen LogP) is 1.38. The molecule has 0 heterocycles. The third-order valence-corrected chi connectivity index (χ3v) is 2.89. The maximum absolute atomic E-state index is 11.4. The lowest BCUT2D eigenvalue weighted by Gasteiger charge is -2.12. The molecule has 0 aliphatic rings. The molecular formula is C14H24N4O. The summed E-state index contributed by atoms with van der Waals surface area (Å²) >= 11 is 0. The van der Waals surface area contributed by atoms with Gasteiger partial charge in [-0.15, -0.1) is 0 Å². The van der Waals surface area contributed by atoms with Gasteiger partial charge in [0.25, 0.3) is 5.91 Å². The van der Waals surface area contributed by atoms with Gasteiger partial charge in [-0.3, -0.25) is 4.79 Å². The number of benzene rings is 1. The Labute approximate surface area is 115 Å². The van der Waals surface area contributed by atoms with Crippen molar-refractivity contribution in [1.29, 1.82) is 0 Å². The van der Waals surface area contributed by atoms with Crippen LogP contribution in [-0.2, 0) is 0 Å². The fraction of sp³-hybridized carbons (Fsp3) is 0.500. The zero-order valence-electron chi connectivity index (χ0n) is 12.0. The molecule has 106 valence electrons. The van der Waals surface area contributed by atoms with Gasteiger partial charge in [0, 0.05) is 19.2 Å². The number of hydrogen-bond donors (Lipinski definition) is 3. The van der Waals surface area contributed by atoms with Crippen LogP contribution in [0.3, 0.4) is 0 Å². The average Bonchev–Trinajstić information content (AvgIpc) is 2.38. The van der Waals surface area contributed by atoms with Crippen molar-refractivity contribution in [2.24, 2.45) is 0 Å². The van der Waals surface area contributed by atoms with E-state index in [0.29, 0.717) is 11.3 Å². The second-order valence-electron chi connectivity index (χ2n) is 4.82. The van der Waals surface area contributed by atoms with Gasteiger partial charge in [0.15, 0.2) is 0 Å². The second kappa shape index (κ2) is 7.63. The average molecular weight is 264 g/mol. The van der Waals surface area contributed by atoms with Gasteiger partial charge in [-0.2, -0.15) is 0 Å². The number of rotatable bonds is 7. The lowest BCUT2D eigenvalue weighted by atomic mass is 10.1. The Balaban J connectivity index is 2.44. The van der Waals surface area contributed by atoms with Crippen LogP contribution in [0.5, 0.6) is 0 Å². The van der Waals surface area contributed by atoms with Crippen molar-refractivity contribution < 1.29 is 4.79 Å². The molecular weight excluding hydrogens is 240 g/mol. The number of hydrogen-bond acceptors (Lipinski definition) is 4. The molecule has 4 N–H and O–H groups in total. The maximum atomic E-state index is 11.4. The van der Waals surface area contributed by atoms with Crippen molar-refractivity contribution in [2.45, 2.75) is 12.8 Å². The van der Waals surface area contributed by atoms with Crippen molar-refractivity contribution in [1.82, 2.24) is 10.2 Å². The van der Waals surface area contributed by atoms with Crippen LogP contribution < -0.4 is 16.4 Å². The van der Waals surface area contributed by atoms with Gasteiger partial charge in [0.1, 0.15) is 0 Å². The van der Waals surface area contributed by atoms with E-state index in [2.05, 4.69) is 29.6 Å². The summed E-state index contributed by atoms with van der Waals surface area (Å²) in [5.41, 5.74) is 8.00. The third kappa shape index (κ3) is 5.18. The minimum atomic E-state index is -0.121. The van der Waals surface area contributed by atoms with E-state index in [1.54, 1.807) is 19.2 Å². The summed E-state index contributed by atoms with van der Waals surface area (Å²) < 4.78 is 0. The molecule has 0 bridgehead atoms. The Kier molecular flexibility index (Phi) is 6.15. The van der Waals surface area contributed by atoms with Crippen molar-refractivity contribution in [3.8, 4) is 0 Å². The SMILES string of the molecule is CNC(=O)c1ccc(NCCCCN(C)C)c(N)c1. The standard InChI is InChI=1S/C14H24N4O/c1-16-14(19)11-6-7-13(12(15)10-11)17-8-4-5-9-18(2)3/h6-7,10,17H,4-5,8-9,15H2,1-3H3,(H,16,19). The first-order valence-corrected chi connectivity index (χ1v) is 6.55. The molecule has 0 unspecified atom stereocenters. The normalized spacial score (nSPS) is 10.5. The van der Waals surface area contributed by atoms with E-state index >= 15 is 0 Å². The largest absolute Gasteiger partial charge is 0.397 e. The highest BCUT2D eigenvalue weighted by Gasteiger charge is 2.05. The molecule has 0 aliphatic carbocycles. The Morgan fingerprint density at radius 1 is 1.32 bits per heavy atom. The van der Waals surface area contributed by atoms with E-state index < -0.39 is 0 Å². The molecule has 1 aromatic rings. The van der Waals surface area contributed by atoms with Gasteiger partial charge in [-0.25, -0.2) is 0 Å². The molecule has 1 rings (SSSR count). The van der Waals surface area contributed by atoms with Crippen LogP contribution in [-0.4, -0.2) is 45.0 Å². The quantitative estimate of drug-likeness (QED) is 0.514. The lowest BCUT2D eigenvalue weighted by molar-refractivity contribution is 0.0963. The van der Waals surface area contributed by atoms with Crippen LogP contribution in [0, 0.1) is 0 Å². The van der Waals surface area contributed by atoms with Gasteiger partial charge < -0.3 is 21.3 Å². The van der Waals surface area contributed by atoms with Crippen LogP contribution in [0.4, 0.5) is 11.4 Å². The molecule has 0 saturated heterocycles. The van der Waals surface area contributed by atoms with E-state index in [9.17, 15) is 4.79 Å². The second-order valence-corrected chi connectivity index (χ2v) is 4.82. The first kappa shape index (κ1) is 15.3. The molecule has 0 fully saturated rings. The minimum absolute atomic E-state index is 0.121. The number of nitrogens with zero attached hydrogens (tertiary/aromatic N) is 1. The number of nitrogen functional groups attached to an aromatic ring is 1. The molecule has 1 amide bonds. The van der Waals surface area contributed by atoms with Gasteiger partial charge in [-0.1, -0.05) is 0 Å². The Bertz CT molecular complexity index is 418. The molecule has 5 nitrogen and oxygen atoms in total. The molecule has 0 spiro atoms. The fourth-order valence-electron chi connectivity index (χ4n) is 1.79. The number of carbonyl (C=O) groups is 1. The number of nitrogens with one attached hydrogen (secondary N) is 2. The Morgan fingerprint density at radius 2 is 2.05 bits per heavy atom. The summed E-state index contributed by atoms with van der Waals surface area (Å²) in [5, 5.41) is 5.87. The summed E-state index contributed by atoms with van der Waals surface area (Å²) in [5.74, 6) is -0.121. The van der Waals surface area contributed by atoms with Gasteiger partial charge in [-0.05, 0) is 51.7 Å². The Morgan fingerprint density at radius 3 is 2.63 bits per heavy atom. The van der Waals surface area contributed by atoms with Crippen LogP contribution in [0.1, 0.15) is 23.2 Å². The van der Waals surface area contributed by atoms with Gasteiger partial charge in [0.05, 0.1) is 11.4 Å². The van der Waals surface area contributed by atoms with E-state index in [0.717, 1.165) is 31.6 Å². The summed E-state index contributed by atoms with van der Waals surface area (Å²) in [6, 6.07) is 5.32. The van der Waals surface area contributed by atoms with Crippen molar-refractivity contribution >= 4 is 17.3 Å². The van der Waals surface area contributed by atoms with Crippen LogP contribution in [0.15, 0.2) is 18.2 Å². The number of carbonyl (C=O) groups excluding carboxylic acids is 1. The smallest absolute Gasteiger partial charge is 0.251 e. The summed E-state index contributed by atoms with van der Waals surface area (Å²) in [6.45, 7) is 1.98.